The van der Waals surface area contributed by atoms with Crippen molar-refractivity contribution in [3.8, 4) is 11.5 Å². The van der Waals surface area contributed by atoms with Crippen molar-refractivity contribution in [3.63, 3.8) is 0 Å². The molecule has 4 nitrogen and oxygen atoms in total. The molecule has 0 fully saturated rings. The summed E-state index contributed by atoms with van der Waals surface area (Å²) < 4.78 is 12.3. The molecule has 2 aromatic rings. The number of ether oxygens (including phenoxy) is 2. The molecular formula is C38H62N2O2. The molecule has 4 heteroatoms. The molecule has 236 valence electrons. The molecule has 0 saturated carbocycles. The summed E-state index contributed by atoms with van der Waals surface area (Å²) in [6.07, 6.45) is 12.0. The van der Waals surface area contributed by atoms with E-state index >= 15 is 0 Å². The second-order valence-electron chi connectivity index (χ2n) is 11.5. The summed E-state index contributed by atoms with van der Waals surface area (Å²) >= 11 is 0. The lowest BCUT2D eigenvalue weighted by atomic mass is 9.91. The van der Waals surface area contributed by atoms with Crippen LogP contribution < -0.4 is 9.47 Å². The van der Waals surface area contributed by atoms with E-state index in [1.165, 1.54) is 99.8 Å². The van der Waals surface area contributed by atoms with E-state index in [0.717, 1.165) is 50.6 Å². The molecule has 0 aliphatic carbocycles. The maximum atomic E-state index is 6.16. The summed E-state index contributed by atoms with van der Waals surface area (Å²) in [4.78, 5) is 5.11. The molecule has 42 heavy (non-hydrogen) atoms. The number of benzene rings is 2. The minimum atomic E-state index is 0.743. The second kappa shape index (κ2) is 22.3. The first-order valence-electron chi connectivity index (χ1n) is 17.2. The van der Waals surface area contributed by atoms with E-state index < -0.39 is 0 Å². The topological polar surface area (TPSA) is 24.9 Å². The number of hydrogen-bond acceptors (Lipinski definition) is 4. The first-order valence-corrected chi connectivity index (χ1v) is 17.2. The Kier molecular flexibility index (Phi) is 19.0. The summed E-state index contributed by atoms with van der Waals surface area (Å²) in [5, 5.41) is 0. The van der Waals surface area contributed by atoms with Crippen LogP contribution in [0.1, 0.15) is 117 Å². The standard InChI is InChI=1S/C38H62N2O2/c1-7-13-25-39(26-14-8-2)29-31-41-35-21-17-33(18-22-35)37(11-5)38(12-6)34-19-23-36(24-20-34)42-32-30-40(27-15-9-3)28-16-10-4/h17-24H,7-16,25-32H2,1-6H3/b38-37-. The van der Waals surface area contributed by atoms with Crippen LogP contribution in [-0.2, 0) is 0 Å². The fourth-order valence-corrected chi connectivity index (χ4v) is 5.47. The van der Waals surface area contributed by atoms with Gasteiger partial charge < -0.3 is 9.47 Å². The quantitative estimate of drug-likeness (QED) is 0.116. The van der Waals surface area contributed by atoms with Gasteiger partial charge in [0, 0.05) is 13.1 Å². The van der Waals surface area contributed by atoms with E-state index in [2.05, 4.69) is 99.9 Å². The van der Waals surface area contributed by atoms with Crippen molar-refractivity contribution < 1.29 is 9.47 Å². The van der Waals surface area contributed by atoms with Crippen LogP contribution in [0.5, 0.6) is 11.5 Å². The number of hydrogen-bond donors (Lipinski definition) is 0. The van der Waals surface area contributed by atoms with Crippen LogP contribution in [0.2, 0.25) is 0 Å². The Bertz CT molecular complexity index is 872. The average molecular weight is 579 g/mol. The molecule has 0 spiro atoms. The van der Waals surface area contributed by atoms with Crippen molar-refractivity contribution in [3.05, 3.63) is 59.7 Å². The molecule has 2 aromatic carbocycles. The van der Waals surface area contributed by atoms with Crippen molar-refractivity contribution in [1.29, 1.82) is 0 Å². The van der Waals surface area contributed by atoms with Gasteiger partial charge in [-0.3, -0.25) is 9.80 Å². The van der Waals surface area contributed by atoms with Gasteiger partial charge >= 0.3 is 0 Å². The maximum absolute atomic E-state index is 6.16. The Labute approximate surface area is 259 Å². The van der Waals surface area contributed by atoms with Gasteiger partial charge in [-0.1, -0.05) is 91.5 Å². The first kappa shape index (κ1) is 35.9. The molecule has 0 bridgehead atoms. The van der Waals surface area contributed by atoms with E-state index in [9.17, 15) is 0 Å². The summed E-state index contributed by atoms with van der Waals surface area (Å²) in [7, 11) is 0. The smallest absolute Gasteiger partial charge is 0.119 e. The van der Waals surface area contributed by atoms with Gasteiger partial charge in [0.25, 0.3) is 0 Å². The Morgan fingerprint density at radius 1 is 0.452 bits per heavy atom. The highest BCUT2D eigenvalue weighted by atomic mass is 16.5. The third-order valence-electron chi connectivity index (χ3n) is 8.14. The lowest BCUT2D eigenvalue weighted by Crippen LogP contribution is -2.30. The molecule has 0 atom stereocenters. The van der Waals surface area contributed by atoms with Crippen molar-refractivity contribution in [2.45, 2.75) is 106 Å². The maximum Gasteiger partial charge on any atom is 0.119 e. The molecule has 0 radical (unpaired) electrons. The van der Waals surface area contributed by atoms with E-state index in [1.807, 2.05) is 0 Å². The summed E-state index contributed by atoms with van der Waals surface area (Å²) in [5.41, 5.74) is 5.39. The molecule has 0 amide bonds. The van der Waals surface area contributed by atoms with Crippen molar-refractivity contribution in [1.82, 2.24) is 9.80 Å². The lowest BCUT2D eigenvalue weighted by molar-refractivity contribution is 0.204. The predicted octanol–water partition coefficient (Wildman–Crippen LogP) is 9.98. The third kappa shape index (κ3) is 13.3. The van der Waals surface area contributed by atoms with E-state index in [-0.39, 0.29) is 0 Å². The normalized spacial score (nSPS) is 12.2. The zero-order chi connectivity index (χ0) is 30.4. The highest BCUT2D eigenvalue weighted by Crippen LogP contribution is 2.33. The minimum Gasteiger partial charge on any atom is -0.492 e. The Morgan fingerprint density at radius 3 is 1.02 bits per heavy atom. The number of rotatable bonds is 24. The van der Waals surface area contributed by atoms with Crippen LogP contribution >= 0.6 is 0 Å². The second-order valence-corrected chi connectivity index (χ2v) is 11.5. The number of allylic oxidation sites excluding steroid dienone is 2. The monoisotopic (exact) mass is 578 g/mol. The van der Waals surface area contributed by atoms with Crippen molar-refractivity contribution >= 4 is 11.1 Å². The van der Waals surface area contributed by atoms with Crippen LogP contribution in [0.3, 0.4) is 0 Å². The molecule has 0 aliphatic heterocycles. The lowest BCUT2D eigenvalue weighted by Gasteiger charge is -2.22. The highest BCUT2D eigenvalue weighted by molar-refractivity contribution is 5.90. The molecule has 0 heterocycles. The fraction of sp³-hybridized carbons (Fsp3) is 0.632. The van der Waals surface area contributed by atoms with Gasteiger partial charge in [0.15, 0.2) is 0 Å². The van der Waals surface area contributed by atoms with Gasteiger partial charge in [0.1, 0.15) is 24.7 Å². The van der Waals surface area contributed by atoms with E-state index in [1.54, 1.807) is 0 Å². The summed E-state index contributed by atoms with van der Waals surface area (Å²) in [6.45, 7) is 21.8. The van der Waals surface area contributed by atoms with Crippen LogP contribution in [0, 0.1) is 0 Å². The highest BCUT2D eigenvalue weighted by Gasteiger charge is 2.11. The Balaban J connectivity index is 1.99. The molecule has 0 aliphatic rings. The van der Waals surface area contributed by atoms with Gasteiger partial charge in [0.2, 0.25) is 0 Å². The zero-order valence-electron chi connectivity index (χ0n) is 28.1. The molecule has 0 aromatic heterocycles. The fourth-order valence-electron chi connectivity index (χ4n) is 5.47. The average Bonchev–Trinajstić information content (AvgIpc) is 3.02. The van der Waals surface area contributed by atoms with Crippen molar-refractivity contribution in [2.24, 2.45) is 0 Å². The van der Waals surface area contributed by atoms with Crippen LogP contribution in [-0.4, -0.2) is 62.3 Å². The molecule has 2 rings (SSSR count). The van der Waals surface area contributed by atoms with Gasteiger partial charge in [-0.05, 0) is 111 Å². The third-order valence-corrected chi connectivity index (χ3v) is 8.14. The van der Waals surface area contributed by atoms with E-state index in [4.69, 9.17) is 9.47 Å². The number of nitrogens with zero attached hydrogens (tertiary/aromatic N) is 2. The number of unbranched alkanes of at least 4 members (excludes halogenated alkanes) is 4. The Hall–Kier alpha value is -2.30. The first-order chi connectivity index (χ1) is 20.6. The zero-order valence-corrected chi connectivity index (χ0v) is 28.1. The molecule has 0 N–H and O–H groups in total. The molecule has 0 unspecified atom stereocenters. The molecular weight excluding hydrogens is 516 g/mol. The van der Waals surface area contributed by atoms with Crippen LogP contribution in [0.4, 0.5) is 0 Å². The summed E-state index contributed by atoms with van der Waals surface area (Å²) in [5.74, 6) is 1.92. The van der Waals surface area contributed by atoms with Gasteiger partial charge in [0.05, 0.1) is 0 Å². The SMILES string of the molecule is CCCCN(CCCC)CCOc1ccc(/C(CC)=C(/CC)c2ccc(OCCN(CCCC)CCCC)cc2)cc1. The Morgan fingerprint density at radius 2 is 0.762 bits per heavy atom. The van der Waals surface area contributed by atoms with Crippen LogP contribution in [0.25, 0.3) is 11.1 Å². The minimum absolute atomic E-state index is 0.743. The van der Waals surface area contributed by atoms with Gasteiger partial charge in [-0.15, -0.1) is 0 Å². The van der Waals surface area contributed by atoms with Crippen molar-refractivity contribution in [2.75, 3.05) is 52.5 Å². The summed E-state index contributed by atoms with van der Waals surface area (Å²) in [6, 6.07) is 17.5. The van der Waals surface area contributed by atoms with E-state index in [0.29, 0.717) is 0 Å². The molecule has 0 saturated heterocycles. The largest absolute Gasteiger partial charge is 0.492 e. The predicted molar refractivity (Wildman–Crippen MR) is 184 cm³/mol. The van der Waals surface area contributed by atoms with Gasteiger partial charge in [-0.2, -0.15) is 0 Å². The van der Waals surface area contributed by atoms with Crippen LogP contribution in [0.15, 0.2) is 48.5 Å². The van der Waals surface area contributed by atoms with Gasteiger partial charge in [-0.25, -0.2) is 0 Å².